The topological polar surface area (TPSA) is 100 Å². The third-order valence-electron chi connectivity index (χ3n) is 3.39. The molecule has 7 heteroatoms. The molecular weight excluding hydrogens is 322 g/mol. The van der Waals surface area contributed by atoms with Crippen LogP contribution in [0.2, 0.25) is 0 Å². The first-order valence-corrected chi connectivity index (χ1v) is 8.13. The zero-order valence-corrected chi connectivity index (χ0v) is 14.7. The van der Waals surface area contributed by atoms with Gasteiger partial charge >= 0.3 is 0 Å². The van der Waals surface area contributed by atoms with Crippen LogP contribution >= 0.6 is 0 Å². The molecule has 0 spiro atoms. The Balaban J connectivity index is 2.08. The second kappa shape index (κ2) is 12.1. The van der Waals surface area contributed by atoms with Crippen molar-refractivity contribution >= 4 is 17.3 Å². The highest BCUT2D eigenvalue weighted by atomic mass is 16.5. The summed E-state index contributed by atoms with van der Waals surface area (Å²) in [5, 5.41) is 0. The second-order valence-corrected chi connectivity index (χ2v) is 5.36. The van der Waals surface area contributed by atoms with Crippen molar-refractivity contribution in [2.75, 3.05) is 64.7 Å². The number of carbonyl (C=O) groups is 1. The first-order valence-electron chi connectivity index (χ1n) is 8.13. The smallest absolute Gasteiger partial charge is 0.253 e. The molecule has 7 nitrogen and oxygen atoms in total. The number of ether oxygens (including phenoxy) is 3. The van der Waals surface area contributed by atoms with Crippen LogP contribution < -0.4 is 11.5 Å². The largest absolute Gasteiger partial charge is 0.397 e. The van der Waals surface area contributed by atoms with Gasteiger partial charge in [0.25, 0.3) is 5.91 Å². The summed E-state index contributed by atoms with van der Waals surface area (Å²) < 4.78 is 16.0. The number of carbonyl (C=O) groups excluding carboxylic acids is 1. The molecule has 1 aromatic rings. The fourth-order valence-electron chi connectivity index (χ4n) is 1.90. The van der Waals surface area contributed by atoms with Crippen LogP contribution in [0, 0.1) is 12.3 Å². The molecule has 0 atom stereocenters. The quantitative estimate of drug-likeness (QED) is 0.332. The molecular formula is C18H27N3O4. The molecule has 0 fully saturated rings. The molecule has 0 bridgehead atoms. The molecule has 0 aliphatic rings. The Morgan fingerprint density at radius 1 is 1.04 bits per heavy atom. The van der Waals surface area contributed by atoms with Gasteiger partial charge in [-0.1, -0.05) is 0 Å². The summed E-state index contributed by atoms with van der Waals surface area (Å²) in [6, 6.07) is 4.86. The number of anilines is 2. The SMILES string of the molecule is C#CCCOCCOCCOCCN(C)C(=O)c1ccc(N)c(N)c1. The fourth-order valence-corrected chi connectivity index (χ4v) is 1.90. The van der Waals surface area contributed by atoms with E-state index in [0.717, 1.165) is 0 Å². The highest BCUT2D eigenvalue weighted by Gasteiger charge is 2.12. The van der Waals surface area contributed by atoms with Crippen LogP contribution in [0.4, 0.5) is 11.4 Å². The van der Waals surface area contributed by atoms with Gasteiger partial charge in [0.15, 0.2) is 0 Å². The lowest BCUT2D eigenvalue weighted by atomic mass is 10.1. The van der Waals surface area contributed by atoms with Crippen molar-refractivity contribution in [3.63, 3.8) is 0 Å². The molecule has 0 aliphatic heterocycles. The molecule has 1 amide bonds. The standard InChI is InChI=1S/C18H27N3O4/c1-3-4-8-23-10-12-25-13-11-24-9-7-21(2)18(22)15-5-6-16(19)17(20)14-15/h1,5-6,14H,4,7-13,19-20H2,2H3. The molecule has 0 aromatic heterocycles. The van der Waals surface area contributed by atoms with Crippen molar-refractivity contribution in [1.82, 2.24) is 4.90 Å². The van der Waals surface area contributed by atoms with Gasteiger partial charge < -0.3 is 30.6 Å². The molecule has 138 valence electrons. The van der Waals surface area contributed by atoms with Crippen LogP contribution in [0.1, 0.15) is 16.8 Å². The van der Waals surface area contributed by atoms with E-state index in [1.165, 1.54) is 0 Å². The highest BCUT2D eigenvalue weighted by molar-refractivity contribution is 5.95. The van der Waals surface area contributed by atoms with Gasteiger partial charge in [-0.3, -0.25) is 4.79 Å². The van der Waals surface area contributed by atoms with Gasteiger partial charge in [-0.05, 0) is 18.2 Å². The van der Waals surface area contributed by atoms with Crippen molar-refractivity contribution in [1.29, 1.82) is 0 Å². The van der Waals surface area contributed by atoms with Crippen LogP contribution in [0.3, 0.4) is 0 Å². The molecule has 1 aromatic carbocycles. The maximum Gasteiger partial charge on any atom is 0.253 e. The molecule has 1 rings (SSSR count). The second-order valence-electron chi connectivity index (χ2n) is 5.36. The average Bonchev–Trinajstić information content (AvgIpc) is 2.61. The molecule has 25 heavy (non-hydrogen) atoms. The van der Waals surface area contributed by atoms with Crippen molar-refractivity contribution < 1.29 is 19.0 Å². The third kappa shape index (κ3) is 8.40. The molecule has 0 heterocycles. The minimum atomic E-state index is -0.129. The number of nitrogens with zero attached hydrogens (tertiary/aromatic N) is 1. The number of hydrogen-bond acceptors (Lipinski definition) is 6. The van der Waals surface area contributed by atoms with E-state index < -0.39 is 0 Å². The van der Waals surface area contributed by atoms with Gasteiger partial charge in [0.1, 0.15) is 0 Å². The third-order valence-corrected chi connectivity index (χ3v) is 3.39. The van der Waals surface area contributed by atoms with E-state index in [4.69, 9.17) is 32.1 Å². The van der Waals surface area contributed by atoms with E-state index in [9.17, 15) is 4.79 Å². The van der Waals surface area contributed by atoms with Crippen molar-refractivity contribution in [2.45, 2.75) is 6.42 Å². The van der Waals surface area contributed by atoms with E-state index in [2.05, 4.69) is 5.92 Å². The Bertz CT molecular complexity index is 572. The summed E-state index contributed by atoms with van der Waals surface area (Å²) in [4.78, 5) is 13.8. The first-order chi connectivity index (χ1) is 12.1. The summed E-state index contributed by atoms with van der Waals surface area (Å²) in [6.45, 7) is 3.41. The number of nitrogens with two attached hydrogens (primary N) is 2. The fraction of sp³-hybridized carbons (Fsp3) is 0.500. The number of terminal acetylenes is 1. The summed E-state index contributed by atoms with van der Waals surface area (Å²) >= 11 is 0. The van der Waals surface area contributed by atoms with E-state index in [-0.39, 0.29) is 5.91 Å². The summed E-state index contributed by atoms with van der Waals surface area (Å²) in [5.74, 6) is 2.37. The number of amides is 1. The Labute approximate surface area is 149 Å². The maximum absolute atomic E-state index is 12.2. The van der Waals surface area contributed by atoms with Gasteiger partial charge in [0.2, 0.25) is 0 Å². The molecule has 0 radical (unpaired) electrons. The monoisotopic (exact) mass is 349 g/mol. The predicted octanol–water partition coefficient (Wildman–Crippen LogP) is 0.996. The normalized spacial score (nSPS) is 10.4. The Morgan fingerprint density at radius 3 is 2.24 bits per heavy atom. The number of nitrogen functional groups attached to an aromatic ring is 2. The van der Waals surface area contributed by atoms with E-state index in [1.807, 2.05) is 0 Å². The molecule has 0 aliphatic carbocycles. The lowest BCUT2D eigenvalue weighted by Gasteiger charge is -2.17. The van der Waals surface area contributed by atoms with Crippen molar-refractivity contribution in [3.05, 3.63) is 23.8 Å². The number of likely N-dealkylation sites (N-methyl/N-ethyl adjacent to an activating group) is 1. The minimum absolute atomic E-state index is 0.129. The zero-order chi connectivity index (χ0) is 18.5. The van der Waals surface area contributed by atoms with Crippen LogP contribution in [-0.2, 0) is 14.2 Å². The van der Waals surface area contributed by atoms with Crippen LogP contribution in [0.25, 0.3) is 0 Å². The number of rotatable bonds is 12. The zero-order valence-electron chi connectivity index (χ0n) is 14.7. The van der Waals surface area contributed by atoms with E-state index >= 15 is 0 Å². The highest BCUT2D eigenvalue weighted by Crippen LogP contribution is 2.16. The lowest BCUT2D eigenvalue weighted by Crippen LogP contribution is -2.30. The van der Waals surface area contributed by atoms with Crippen molar-refractivity contribution in [3.8, 4) is 12.3 Å². The number of benzene rings is 1. The van der Waals surface area contributed by atoms with Gasteiger partial charge in [0.05, 0.1) is 51.0 Å². The molecule has 0 saturated carbocycles. The molecule has 0 unspecified atom stereocenters. The summed E-state index contributed by atoms with van der Waals surface area (Å²) in [5.41, 5.74) is 12.7. The van der Waals surface area contributed by atoms with Crippen LogP contribution in [0.15, 0.2) is 18.2 Å². The molecule has 4 N–H and O–H groups in total. The van der Waals surface area contributed by atoms with Crippen LogP contribution in [-0.4, -0.2) is 64.0 Å². The van der Waals surface area contributed by atoms with Gasteiger partial charge in [-0.25, -0.2) is 0 Å². The van der Waals surface area contributed by atoms with Crippen LogP contribution in [0.5, 0.6) is 0 Å². The summed E-state index contributed by atoms with van der Waals surface area (Å²) in [7, 11) is 1.71. The molecule has 0 saturated heterocycles. The summed E-state index contributed by atoms with van der Waals surface area (Å²) in [6.07, 6.45) is 5.72. The van der Waals surface area contributed by atoms with E-state index in [1.54, 1.807) is 30.1 Å². The van der Waals surface area contributed by atoms with Gasteiger partial charge in [0, 0.05) is 25.6 Å². The first kappa shape index (κ1) is 20.8. The number of hydrogen-bond donors (Lipinski definition) is 2. The van der Waals surface area contributed by atoms with Gasteiger partial charge in [-0.2, -0.15) is 0 Å². The minimum Gasteiger partial charge on any atom is -0.397 e. The van der Waals surface area contributed by atoms with E-state index in [0.29, 0.717) is 69.5 Å². The Hall–Kier alpha value is -2.27. The predicted molar refractivity (Wildman–Crippen MR) is 98.1 cm³/mol. The average molecular weight is 349 g/mol. The van der Waals surface area contributed by atoms with Gasteiger partial charge in [-0.15, -0.1) is 12.3 Å². The Morgan fingerprint density at radius 2 is 1.64 bits per heavy atom. The van der Waals surface area contributed by atoms with Crippen molar-refractivity contribution in [2.24, 2.45) is 0 Å². The maximum atomic E-state index is 12.2. The lowest BCUT2D eigenvalue weighted by molar-refractivity contribution is 0.0125. The Kier molecular flexibility index (Phi) is 10.1.